The Hall–Kier alpha value is -2.11. The van der Waals surface area contributed by atoms with E-state index in [-0.39, 0.29) is 18.3 Å². The molecule has 3 aromatic rings. The minimum Gasteiger partial charge on any atom is -0.302 e. The molecule has 1 heterocycles. The largest absolute Gasteiger partial charge is 0.302 e. The van der Waals surface area contributed by atoms with Gasteiger partial charge in [0.2, 0.25) is 0 Å². The van der Waals surface area contributed by atoms with E-state index < -0.39 is 0 Å². The number of fused-ring (bicyclic) bond motifs is 1. The lowest BCUT2D eigenvalue weighted by Gasteiger charge is -2.24. The van der Waals surface area contributed by atoms with Crippen molar-refractivity contribution in [3.8, 4) is 6.07 Å². The fraction of sp³-hybridized carbons (Fsp3) is 0.318. The van der Waals surface area contributed by atoms with Gasteiger partial charge in [0, 0.05) is 23.5 Å². The van der Waals surface area contributed by atoms with Crippen LogP contribution in [0.1, 0.15) is 29.8 Å². The van der Waals surface area contributed by atoms with Crippen molar-refractivity contribution in [2.24, 2.45) is 0 Å². The Kier molecular flexibility index (Phi) is 9.12. The first-order chi connectivity index (χ1) is 14.1. The molecule has 2 aromatic carbocycles. The van der Waals surface area contributed by atoms with Gasteiger partial charge in [-0.15, -0.1) is 24.2 Å². The van der Waals surface area contributed by atoms with Crippen LogP contribution in [-0.2, 0) is 0 Å². The van der Waals surface area contributed by atoms with E-state index in [0.29, 0.717) is 22.8 Å². The summed E-state index contributed by atoms with van der Waals surface area (Å²) in [6.07, 6.45) is 2.05. The Morgan fingerprint density at radius 1 is 1.13 bits per heavy atom. The molecule has 0 aliphatic heterocycles. The van der Waals surface area contributed by atoms with E-state index in [1.54, 1.807) is 52.3 Å². The number of carbonyl (C=O) groups is 1. The van der Waals surface area contributed by atoms with Gasteiger partial charge < -0.3 is 4.90 Å². The van der Waals surface area contributed by atoms with E-state index in [2.05, 4.69) is 36.9 Å². The number of carbonyl (C=O) groups excluding carboxylic acids is 1. The normalized spacial score (nSPS) is 10.6. The van der Waals surface area contributed by atoms with Crippen LogP contribution in [0.5, 0.6) is 0 Å². The summed E-state index contributed by atoms with van der Waals surface area (Å²) >= 11 is 3.24. The second kappa shape index (κ2) is 11.3. The van der Waals surface area contributed by atoms with Gasteiger partial charge in [-0.05, 0) is 61.8 Å². The topological polar surface area (TPSA) is 60.2 Å². The third-order valence-electron chi connectivity index (χ3n) is 4.86. The minimum absolute atomic E-state index is 0. The van der Waals surface area contributed by atoms with E-state index in [0.717, 1.165) is 29.9 Å². The summed E-state index contributed by atoms with van der Waals surface area (Å²) in [6, 6.07) is 15.1. The van der Waals surface area contributed by atoms with Gasteiger partial charge in [-0.2, -0.15) is 5.26 Å². The zero-order valence-electron chi connectivity index (χ0n) is 17.3. The molecule has 0 aliphatic carbocycles. The average molecular weight is 461 g/mol. The van der Waals surface area contributed by atoms with Gasteiger partial charge in [0.05, 0.1) is 21.8 Å². The van der Waals surface area contributed by atoms with Crippen LogP contribution in [0.3, 0.4) is 0 Å². The first-order valence-corrected chi connectivity index (χ1v) is 11.6. The van der Waals surface area contributed by atoms with Gasteiger partial charge in [-0.25, -0.2) is 4.98 Å². The fourth-order valence-electron chi connectivity index (χ4n) is 3.04. The molecule has 0 N–H and O–H groups in total. The second-order valence-corrected chi connectivity index (χ2v) is 8.39. The van der Waals surface area contributed by atoms with Crippen molar-refractivity contribution in [1.82, 2.24) is 9.88 Å². The van der Waals surface area contributed by atoms with Crippen LogP contribution >= 0.6 is 35.5 Å². The van der Waals surface area contributed by atoms with E-state index in [1.807, 2.05) is 12.3 Å². The van der Waals surface area contributed by atoms with Crippen LogP contribution in [-0.4, -0.2) is 48.2 Å². The monoisotopic (exact) mass is 460 g/mol. The van der Waals surface area contributed by atoms with E-state index in [1.165, 1.54) is 4.90 Å². The molecule has 0 atom stereocenters. The number of aromatic nitrogens is 1. The molecule has 0 saturated heterocycles. The zero-order valence-corrected chi connectivity index (χ0v) is 19.7. The van der Waals surface area contributed by atoms with Crippen LogP contribution in [0, 0.1) is 11.3 Å². The molecule has 0 bridgehead atoms. The molecule has 1 amide bonds. The maximum absolute atomic E-state index is 13.3. The molecule has 0 fully saturated rings. The lowest BCUT2D eigenvalue weighted by atomic mass is 10.1. The highest BCUT2D eigenvalue weighted by Gasteiger charge is 2.22. The zero-order chi connectivity index (χ0) is 20.8. The first kappa shape index (κ1) is 24.2. The summed E-state index contributed by atoms with van der Waals surface area (Å²) in [7, 11) is 0. The third-order valence-corrected chi connectivity index (χ3v) is 6.62. The molecule has 3 rings (SSSR count). The molecular weight excluding hydrogens is 436 g/mol. The van der Waals surface area contributed by atoms with Gasteiger partial charge in [0.15, 0.2) is 5.13 Å². The number of nitriles is 1. The number of amides is 1. The van der Waals surface area contributed by atoms with E-state index in [9.17, 15) is 4.79 Å². The molecule has 30 heavy (non-hydrogen) atoms. The molecule has 158 valence electrons. The maximum Gasteiger partial charge on any atom is 0.260 e. The summed E-state index contributed by atoms with van der Waals surface area (Å²) < 4.78 is 1.08. The number of hydrogen-bond donors (Lipinski definition) is 0. The Morgan fingerprint density at radius 3 is 2.43 bits per heavy atom. The Morgan fingerprint density at radius 2 is 1.83 bits per heavy atom. The summed E-state index contributed by atoms with van der Waals surface area (Å²) in [5.41, 5.74) is 2.01. The van der Waals surface area contributed by atoms with Gasteiger partial charge >= 0.3 is 0 Å². The molecule has 5 nitrogen and oxygen atoms in total. The average Bonchev–Trinajstić information content (AvgIpc) is 3.19. The maximum atomic E-state index is 13.3. The number of halogens is 1. The Bertz CT molecular complexity index is 1030. The molecule has 0 unspecified atom stereocenters. The molecule has 8 heteroatoms. The van der Waals surface area contributed by atoms with Crippen LogP contribution in [0.2, 0.25) is 0 Å². The number of anilines is 1. The Balaban J connectivity index is 0.00000320. The van der Waals surface area contributed by atoms with Crippen LogP contribution in [0.25, 0.3) is 10.2 Å². The SMILES string of the molecule is CCN(CC)CCN(C(=O)c1ccc(C#N)cc1)c1nc2ccc(SC)cc2s1.Cl. The first-order valence-electron chi connectivity index (χ1n) is 9.58. The number of likely N-dealkylation sites (N-methyl/N-ethyl adjacent to an activating group) is 1. The highest BCUT2D eigenvalue weighted by Crippen LogP contribution is 2.32. The van der Waals surface area contributed by atoms with Gasteiger partial charge in [0.1, 0.15) is 0 Å². The third kappa shape index (κ3) is 5.52. The molecule has 0 radical (unpaired) electrons. The summed E-state index contributed by atoms with van der Waals surface area (Å²) in [5, 5.41) is 9.72. The molecular formula is C22H25ClN4OS2. The van der Waals surface area contributed by atoms with Crippen LogP contribution in [0.15, 0.2) is 47.4 Å². The van der Waals surface area contributed by atoms with Crippen molar-refractivity contribution < 1.29 is 4.79 Å². The molecule has 0 spiro atoms. The molecule has 0 aliphatic rings. The van der Waals surface area contributed by atoms with Crippen molar-refractivity contribution >= 4 is 56.8 Å². The lowest BCUT2D eigenvalue weighted by Crippen LogP contribution is -2.38. The van der Waals surface area contributed by atoms with Crippen LogP contribution < -0.4 is 4.90 Å². The number of benzene rings is 2. The number of thioether (sulfide) groups is 1. The van der Waals surface area contributed by atoms with Crippen molar-refractivity contribution in [2.75, 3.05) is 37.3 Å². The molecule has 0 saturated carbocycles. The van der Waals surface area contributed by atoms with E-state index >= 15 is 0 Å². The highest BCUT2D eigenvalue weighted by atomic mass is 35.5. The Labute approximate surface area is 192 Å². The van der Waals surface area contributed by atoms with Crippen LogP contribution in [0.4, 0.5) is 5.13 Å². The number of rotatable bonds is 8. The summed E-state index contributed by atoms with van der Waals surface area (Å²) in [5.74, 6) is -0.0919. The molecule has 1 aromatic heterocycles. The van der Waals surface area contributed by atoms with Gasteiger partial charge in [-0.3, -0.25) is 9.69 Å². The van der Waals surface area contributed by atoms with Gasteiger partial charge in [0.25, 0.3) is 5.91 Å². The highest BCUT2D eigenvalue weighted by molar-refractivity contribution is 7.98. The van der Waals surface area contributed by atoms with Crippen molar-refractivity contribution in [2.45, 2.75) is 18.7 Å². The smallest absolute Gasteiger partial charge is 0.260 e. The van der Waals surface area contributed by atoms with Crippen molar-refractivity contribution in [3.63, 3.8) is 0 Å². The van der Waals surface area contributed by atoms with Gasteiger partial charge in [-0.1, -0.05) is 25.2 Å². The lowest BCUT2D eigenvalue weighted by molar-refractivity contribution is 0.0984. The number of thiazole rings is 1. The summed E-state index contributed by atoms with van der Waals surface area (Å²) in [6.45, 7) is 7.46. The predicted molar refractivity (Wildman–Crippen MR) is 129 cm³/mol. The minimum atomic E-state index is -0.0919. The van der Waals surface area contributed by atoms with Crippen molar-refractivity contribution in [1.29, 1.82) is 5.26 Å². The number of hydrogen-bond acceptors (Lipinski definition) is 6. The van der Waals surface area contributed by atoms with Crippen molar-refractivity contribution in [3.05, 3.63) is 53.6 Å². The quantitative estimate of drug-likeness (QED) is 0.427. The fourth-order valence-corrected chi connectivity index (χ4v) is 4.59. The second-order valence-electron chi connectivity index (χ2n) is 6.50. The number of nitrogens with zero attached hydrogens (tertiary/aromatic N) is 4. The van der Waals surface area contributed by atoms with E-state index in [4.69, 9.17) is 10.2 Å². The standard InChI is InChI=1S/C22H24N4OS2.ClH/c1-4-25(5-2)12-13-26(21(27)17-8-6-16(15-23)7-9-17)22-24-19-11-10-18(28-3)14-20(19)29-22;/h6-11,14H,4-5,12-13H2,1-3H3;1H. The predicted octanol–water partition coefficient (Wildman–Crippen LogP) is 5.30. The summed E-state index contributed by atoms with van der Waals surface area (Å²) in [4.78, 5) is 23.3.